The molecule has 0 aliphatic rings. The van der Waals surface area contributed by atoms with Gasteiger partial charge in [0.2, 0.25) is 5.91 Å². The summed E-state index contributed by atoms with van der Waals surface area (Å²) in [6.45, 7) is 0. The molecule has 0 aliphatic heterocycles. The summed E-state index contributed by atoms with van der Waals surface area (Å²) in [4.78, 5) is 17.4. The lowest BCUT2D eigenvalue weighted by atomic mass is 10.1. The zero-order valence-electron chi connectivity index (χ0n) is 12.0. The van der Waals surface area contributed by atoms with E-state index in [9.17, 15) is 4.79 Å². The molecule has 0 saturated carbocycles. The molecule has 3 heterocycles. The fourth-order valence-corrected chi connectivity index (χ4v) is 4.31. The molecule has 3 rings (SSSR count). The minimum Gasteiger partial charge on any atom is -0.384 e. The molecule has 0 aliphatic carbocycles. The van der Waals surface area contributed by atoms with Crippen molar-refractivity contribution in [3.05, 3.63) is 51.9 Å². The Labute approximate surface area is 136 Å². The summed E-state index contributed by atoms with van der Waals surface area (Å²) in [5.41, 5.74) is 7.17. The van der Waals surface area contributed by atoms with Gasteiger partial charge in [-0.05, 0) is 41.3 Å². The first-order valence-electron chi connectivity index (χ1n) is 6.76. The number of nitrogens with two attached hydrogens (primary N) is 1. The predicted molar refractivity (Wildman–Crippen MR) is 94.1 cm³/mol. The van der Waals surface area contributed by atoms with E-state index in [2.05, 4.69) is 27.8 Å². The van der Waals surface area contributed by atoms with Crippen LogP contribution in [0.25, 0.3) is 15.5 Å². The lowest BCUT2D eigenvalue weighted by molar-refractivity contribution is -0.117. The number of carbonyl (C=O) groups is 1. The van der Waals surface area contributed by atoms with Crippen molar-refractivity contribution in [3.63, 3.8) is 0 Å². The van der Waals surface area contributed by atoms with Crippen LogP contribution < -0.4 is 11.1 Å². The topological polar surface area (TPSA) is 68.0 Å². The third kappa shape index (κ3) is 3.18. The number of anilines is 1. The van der Waals surface area contributed by atoms with Crippen molar-refractivity contribution in [3.8, 4) is 0 Å². The molecule has 0 fully saturated rings. The summed E-state index contributed by atoms with van der Waals surface area (Å²) < 4.78 is 2.54. The Morgan fingerprint density at radius 2 is 2.23 bits per heavy atom. The molecule has 4 nitrogen and oxygen atoms in total. The van der Waals surface area contributed by atoms with Crippen LogP contribution >= 0.6 is 22.7 Å². The largest absolute Gasteiger partial charge is 0.384 e. The van der Waals surface area contributed by atoms with Crippen LogP contribution in [0.1, 0.15) is 10.4 Å². The number of carbonyl (C=O) groups excluding carboxylic acids is 1. The average Bonchev–Trinajstić information content (AvgIpc) is 3.09. The molecule has 0 bridgehead atoms. The van der Waals surface area contributed by atoms with E-state index in [1.54, 1.807) is 42.0 Å². The average molecular weight is 329 g/mol. The highest BCUT2D eigenvalue weighted by Crippen LogP contribution is 2.31. The van der Waals surface area contributed by atoms with Gasteiger partial charge in [0.05, 0.1) is 0 Å². The zero-order chi connectivity index (χ0) is 15.5. The van der Waals surface area contributed by atoms with Crippen molar-refractivity contribution in [2.45, 2.75) is 6.42 Å². The van der Waals surface area contributed by atoms with Crippen LogP contribution in [0.2, 0.25) is 0 Å². The van der Waals surface area contributed by atoms with E-state index in [-0.39, 0.29) is 5.91 Å². The molecule has 0 spiro atoms. The summed E-state index contributed by atoms with van der Waals surface area (Å²) in [7, 11) is 1.64. The Kier molecular flexibility index (Phi) is 4.22. The number of fused-ring (bicyclic) bond motifs is 1. The number of rotatable bonds is 4. The second kappa shape index (κ2) is 6.29. The third-order valence-corrected chi connectivity index (χ3v) is 5.32. The normalized spacial score (nSPS) is 11.8. The van der Waals surface area contributed by atoms with Crippen molar-refractivity contribution in [1.29, 1.82) is 0 Å². The number of nitrogens with zero attached hydrogens (tertiary/aromatic N) is 1. The number of hydrogen-bond donors (Lipinski definition) is 2. The summed E-state index contributed by atoms with van der Waals surface area (Å²) in [6.07, 6.45) is 4.14. The van der Waals surface area contributed by atoms with Gasteiger partial charge >= 0.3 is 0 Å². The van der Waals surface area contributed by atoms with Gasteiger partial charge in [-0.15, -0.1) is 22.7 Å². The van der Waals surface area contributed by atoms with Gasteiger partial charge in [-0.25, -0.2) is 4.98 Å². The molecule has 3 aromatic rings. The van der Waals surface area contributed by atoms with E-state index >= 15 is 0 Å². The number of nitrogen functional groups attached to an aromatic ring is 1. The molecule has 3 N–H and O–H groups in total. The molecule has 22 heavy (non-hydrogen) atoms. The highest BCUT2D eigenvalue weighted by atomic mass is 32.1. The van der Waals surface area contributed by atoms with E-state index in [1.165, 1.54) is 14.3 Å². The number of thiophene rings is 2. The first-order chi connectivity index (χ1) is 10.7. The monoisotopic (exact) mass is 329 g/mol. The molecule has 0 radical (unpaired) electrons. The lowest BCUT2D eigenvalue weighted by Crippen LogP contribution is -2.21. The van der Waals surface area contributed by atoms with Gasteiger partial charge in [-0.1, -0.05) is 0 Å². The molecule has 0 aromatic carbocycles. The van der Waals surface area contributed by atoms with Crippen LogP contribution in [0.5, 0.6) is 0 Å². The van der Waals surface area contributed by atoms with Gasteiger partial charge < -0.3 is 11.1 Å². The van der Waals surface area contributed by atoms with Crippen LogP contribution in [0.15, 0.2) is 41.4 Å². The predicted octanol–water partition coefficient (Wildman–Crippen LogP) is 3.31. The van der Waals surface area contributed by atoms with E-state index < -0.39 is 0 Å². The smallest absolute Gasteiger partial charge is 0.247 e. The van der Waals surface area contributed by atoms with Crippen molar-refractivity contribution < 1.29 is 4.79 Å². The summed E-state index contributed by atoms with van der Waals surface area (Å²) >= 11 is 3.45. The maximum atomic E-state index is 12.1. The SMILES string of the molecule is CNC(=O)C(=Cc1ccc(N)nc1)Cc1cc2sccc2s1. The molecule has 1 amide bonds. The van der Waals surface area contributed by atoms with E-state index in [1.807, 2.05) is 12.1 Å². The van der Waals surface area contributed by atoms with E-state index in [0.29, 0.717) is 17.8 Å². The lowest BCUT2D eigenvalue weighted by Gasteiger charge is -2.05. The van der Waals surface area contributed by atoms with E-state index in [0.717, 1.165) is 5.56 Å². The van der Waals surface area contributed by atoms with Gasteiger partial charge in [0.1, 0.15) is 5.82 Å². The summed E-state index contributed by atoms with van der Waals surface area (Å²) in [5, 5.41) is 4.78. The van der Waals surface area contributed by atoms with Gasteiger partial charge in [-0.3, -0.25) is 4.79 Å². The number of amides is 1. The van der Waals surface area contributed by atoms with Gasteiger partial charge in [0.25, 0.3) is 0 Å². The Balaban J connectivity index is 1.90. The van der Waals surface area contributed by atoms with Gasteiger partial charge in [0.15, 0.2) is 0 Å². The number of pyridine rings is 1. The first-order valence-corrected chi connectivity index (χ1v) is 8.45. The highest BCUT2D eigenvalue weighted by Gasteiger charge is 2.11. The van der Waals surface area contributed by atoms with Crippen molar-refractivity contribution in [1.82, 2.24) is 10.3 Å². The van der Waals surface area contributed by atoms with Crippen molar-refractivity contribution >= 4 is 49.9 Å². The fourth-order valence-electron chi connectivity index (χ4n) is 2.15. The molecule has 0 atom stereocenters. The third-order valence-electron chi connectivity index (χ3n) is 3.22. The summed E-state index contributed by atoms with van der Waals surface area (Å²) in [6, 6.07) is 7.86. The Hall–Kier alpha value is -2.18. The first kappa shape index (κ1) is 14.7. The van der Waals surface area contributed by atoms with Crippen LogP contribution in [0.4, 0.5) is 5.82 Å². The van der Waals surface area contributed by atoms with Crippen LogP contribution in [0.3, 0.4) is 0 Å². The second-order valence-electron chi connectivity index (χ2n) is 4.80. The second-order valence-corrected chi connectivity index (χ2v) is 6.92. The van der Waals surface area contributed by atoms with Gasteiger partial charge in [0, 0.05) is 39.5 Å². The number of hydrogen-bond acceptors (Lipinski definition) is 5. The molecule has 3 aromatic heterocycles. The molecule has 0 unspecified atom stereocenters. The minimum atomic E-state index is -0.0754. The zero-order valence-corrected chi connectivity index (χ0v) is 13.6. The number of nitrogens with one attached hydrogen (secondary N) is 1. The molecular formula is C16H15N3OS2. The van der Waals surface area contributed by atoms with Gasteiger partial charge in [-0.2, -0.15) is 0 Å². The maximum Gasteiger partial charge on any atom is 0.247 e. The quantitative estimate of drug-likeness (QED) is 0.722. The molecule has 0 saturated heterocycles. The van der Waals surface area contributed by atoms with Crippen LogP contribution in [0, 0.1) is 0 Å². The Morgan fingerprint density at radius 1 is 1.36 bits per heavy atom. The van der Waals surface area contributed by atoms with E-state index in [4.69, 9.17) is 5.73 Å². The van der Waals surface area contributed by atoms with Crippen molar-refractivity contribution in [2.75, 3.05) is 12.8 Å². The minimum absolute atomic E-state index is 0.0754. The highest BCUT2D eigenvalue weighted by molar-refractivity contribution is 7.26. The van der Waals surface area contributed by atoms with Crippen LogP contribution in [-0.2, 0) is 11.2 Å². The molecule has 6 heteroatoms. The summed E-state index contributed by atoms with van der Waals surface area (Å²) in [5.74, 6) is 0.394. The standard InChI is InChI=1S/C16H15N3OS2/c1-18-16(20)11(6-10-2-3-15(17)19-9-10)7-12-8-14-13(22-12)4-5-21-14/h2-6,8-9H,7H2,1H3,(H2,17,19)(H,18,20). The van der Waals surface area contributed by atoms with Crippen LogP contribution in [-0.4, -0.2) is 17.9 Å². The Morgan fingerprint density at radius 3 is 2.91 bits per heavy atom. The van der Waals surface area contributed by atoms with Crippen molar-refractivity contribution in [2.24, 2.45) is 0 Å². The number of aromatic nitrogens is 1. The Bertz CT molecular complexity index is 802. The molecule has 112 valence electrons. The molecular weight excluding hydrogens is 314 g/mol. The number of likely N-dealkylation sites (N-methyl/N-ethyl adjacent to an activating group) is 1. The fraction of sp³-hybridized carbons (Fsp3) is 0.125. The maximum absolute atomic E-state index is 12.1.